The van der Waals surface area contributed by atoms with Crippen LogP contribution in [0.15, 0.2) is 24.3 Å². The molecule has 0 spiro atoms. The van der Waals surface area contributed by atoms with Crippen LogP contribution in [-0.2, 0) is 4.79 Å². The molecular weight excluding hydrogens is 212 g/mol. The zero-order chi connectivity index (χ0) is 13.1. The molecule has 0 fully saturated rings. The quantitative estimate of drug-likeness (QED) is 0.844. The fourth-order valence-electron chi connectivity index (χ4n) is 1.53. The summed E-state index contributed by atoms with van der Waals surface area (Å²) in [5.41, 5.74) is 1.96. The summed E-state index contributed by atoms with van der Waals surface area (Å²) in [5, 5.41) is 6.15. The summed E-state index contributed by atoms with van der Waals surface area (Å²) in [6, 6.07) is 7.77. The lowest BCUT2D eigenvalue weighted by Crippen LogP contribution is -2.47. The zero-order valence-corrected chi connectivity index (χ0v) is 11.3. The van der Waals surface area contributed by atoms with Crippen LogP contribution in [0.5, 0.6) is 0 Å². The van der Waals surface area contributed by atoms with Gasteiger partial charge in [0.2, 0.25) is 5.91 Å². The third kappa shape index (κ3) is 4.89. The molecule has 0 radical (unpaired) electrons. The first kappa shape index (κ1) is 13.6. The Labute approximate surface area is 104 Å². The minimum atomic E-state index is -0.240. The molecule has 3 heteroatoms. The second kappa shape index (κ2) is 5.21. The van der Waals surface area contributed by atoms with E-state index in [4.69, 9.17) is 0 Å². The van der Waals surface area contributed by atoms with Crippen LogP contribution in [0.2, 0.25) is 0 Å². The monoisotopic (exact) mass is 234 g/mol. The molecule has 1 rings (SSSR count). The molecule has 0 heterocycles. The first-order valence-electron chi connectivity index (χ1n) is 5.93. The van der Waals surface area contributed by atoms with Crippen molar-refractivity contribution < 1.29 is 4.79 Å². The summed E-state index contributed by atoms with van der Waals surface area (Å²) < 4.78 is 0. The molecule has 0 unspecified atom stereocenters. The second-order valence-electron chi connectivity index (χ2n) is 5.47. The summed E-state index contributed by atoms with van der Waals surface area (Å²) in [6.07, 6.45) is 0. The Hall–Kier alpha value is -1.51. The predicted octanol–water partition coefficient (Wildman–Crippen LogP) is 2.71. The molecule has 1 amide bonds. The van der Waals surface area contributed by atoms with Gasteiger partial charge in [0, 0.05) is 11.2 Å². The van der Waals surface area contributed by atoms with E-state index in [1.54, 1.807) is 0 Å². The smallest absolute Gasteiger partial charge is 0.242 e. The standard InChI is InChI=1S/C14H22N2O/c1-10-7-6-8-12(9-10)15-11(2)13(17)16-14(3,4)5/h6-9,11,15H,1-5H3,(H,16,17)/t11-/m1/s1. The van der Waals surface area contributed by atoms with Gasteiger partial charge < -0.3 is 10.6 Å². The summed E-state index contributed by atoms with van der Waals surface area (Å²) in [6.45, 7) is 9.83. The maximum Gasteiger partial charge on any atom is 0.242 e. The van der Waals surface area contributed by atoms with Gasteiger partial charge in [0.05, 0.1) is 0 Å². The number of nitrogens with one attached hydrogen (secondary N) is 2. The highest BCUT2D eigenvalue weighted by Gasteiger charge is 2.18. The van der Waals surface area contributed by atoms with Crippen LogP contribution in [0, 0.1) is 6.92 Å². The summed E-state index contributed by atoms with van der Waals surface area (Å²) >= 11 is 0. The minimum absolute atomic E-state index is 0.0130. The Morgan fingerprint density at radius 1 is 1.29 bits per heavy atom. The number of anilines is 1. The van der Waals surface area contributed by atoms with Gasteiger partial charge in [-0.05, 0) is 52.3 Å². The maximum atomic E-state index is 11.9. The maximum absolute atomic E-state index is 11.9. The van der Waals surface area contributed by atoms with Gasteiger partial charge in [0.25, 0.3) is 0 Å². The van der Waals surface area contributed by atoms with E-state index in [0.29, 0.717) is 0 Å². The topological polar surface area (TPSA) is 41.1 Å². The highest BCUT2D eigenvalue weighted by atomic mass is 16.2. The van der Waals surface area contributed by atoms with E-state index < -0.39 is 0 Å². The summed E-state index contributed by atoms with van der Waals surface area (Å²) in [4.78, 5) is 11.9. The van der Waals surface area contributed by atoms with Crippen molar-refractivity contribution in [1.29, 1.82) is 0 Å². The fourth-order valence-corrected chi connectivity index (χ4v) is 1.53. The van der Waals surface area contributed by atoms with Crippen molar-refractivity contribution in [2.24, 2.45) is 0 Å². The molecule has 0 aliphatic heterocycles. The molecule has 0 saturated carbocycles. The van der Waals surface area contributed by atoms with Gasteiger partial charge >= 0.3 is 0 Å². The molecule has 0 aliphatic carbocycles. The van der Waals surface area contributed by atoms with Crippen molar-refractivity contribution in [3.8, 4) is 0 Å². The van der Waals surface area contributed by atoms with E-state index >= 15 is 0 Å². The highest BCUT2D eigenvalue weighted by molar-refractivity contribution is 5.84. The zero-order valence-electron chi connectivity index (χ0n) is 11.3. The molecule has 17 heavy (non-hydrogen) atoms. The highest BCUT2D eigenvalue weighted by Crippen LogP contribution is 2.11. The number of hydrogen-bond donors (Lipinski definition) is 2. The van der Waals surface area contributed by atoms with Crippen LogP contribution in [0.1, 0.15) is 33.3 Å². The largest absolute Gasteiger partial charge is 0.374 e. The van der Waals surface area contributed by atoms with Crippen molar-refractivity contribution in [2.75, 3.05) is 5.32 Å². The number of benzene rings is 1. The molecule has 2 N–H and O–H groups in total. The molecule has 1 aromatic rings. The molecule has 0 saturated heterocycles. The van der Waals surface area contributed by atoms with Crippen LogP contribution >= 0.6 is 0 Å². The van der Waals surface area contributed by atoms with Crippen molar-refractivity contribution in [1.82, 2.24) is 5.32 Å². The molecule has 1 aromatic carbocycles. The van der Waals surface area contributed by atoms with E-state index in [1.807, 2.05) is 58.9 Å². The van der Waals surface area contributed by atoms with E-state index in [9.17, 15) is 4.79 Å². The van der Waals surface area contributed by atoms with Crippen LogP contribution in [-0.4, -0.2) is 17.5 Å². The van der Waals surface area contributed by atoms with Gasteiger partial charge in [0.1, 0.15) is 6.04 Å². The van der Waals surface area contributed by atoms with Crippen LogP contribution in [0.3, 0.4) is 0 Å². The Morgan fingerprint density at radius 3 is 2.47 bits per heavy atom. The van der Waals surface area contributed by atoms with Gasteiger partial charge in [-0.2, -0.15) is 0 Å². The lowest BCUT2D eigenvalue weighted by molar-refractivity contribution is -0.122. The molecule has 0 aromatic heterocycles. The second-order valence-corrected chi connectivity index (χ2v) is 5.47. The molecule has 0 aliphatic rings. The third-order valence-corrected chi connectivity index (χ3v) is 2.29. The van der Waals surface area contributed by atoms with E-state index in [1.165, 1.54) is 5.56 Å². The lowest BCUT2D eigenvalue weighted by atomic mass is 10.1. The van der Waals surface area contributed by atoms with E-state index in [2.05, 4.69) is 10.6 Å². The van der Waals surface area contributed by atoms with Crippen molar-refractivity contribution in [3.63, 3.8) is 0 Å². The molecule has 0 bridgehead atoms. The van der Waals surface area contributed by atoms with Gasteiger partial charge in [0.15, 0.2) is 0 Å². The summed E-state index contributed by atoms with van der Waals surface area (Å²) in [7, 11) is 0. The van der Waals surface area contributed by atoms with Crippen LogP contribution in [0.25, 0.3) is 0 Å². The average Bonchev–Trinajstić information content (AvgIpc) is 2.14. The minimum Gasteiger partial charge on any atom is -0.374 e. The Kier molecular flexibility index (Phi) is 4.16. The lowest BCUT2D eigenvalue weighted by Gasteiger charge is -2.24. The Morgan fingerprint density at radius 2 is 1.94 bits per heavy atom. The fraction of sp³-hybridized carbons (Fsp3) is 0.500. The SMILES string of the molecule is Cc1cccc(N[C@H](C)C(=O)NC(C)(C)C)c1. The number of carbonyl (C=O) groups is 1. The summed E-state index contributed by atoms with van der Waals surface area (Å²) in [5.74, 6) is 0.0130. The van der Waals surface area contributed by atoms with E-state index in [-0.39, 0.29) is 17.5 Å². The Balaban J connectivity index is 2.60. The molecule has 1 atom stereocenters. The average molecular weight is 234 g/mol. The molecule has 3 nitrogen and oxygen atoms in total. The molecule has 94 valence electrons. The van der Waals surface area contributed by atoms with Crippen molar-refractivity contribution in [2.45, 2.75) is 46.2 Å². The predicted molar refractivity (Wildman–Crippen MR) is 72.2 cm³/mol. The number of carbonyl (C=O) groups excluding carboxylic acids is 1. The third-order valence-electron chi connectivity index (χ3n) is 2.29. The van der Waals surface area contributed by atoms with Gasteiger partial charge in [-0.3, -0.25) is 4.79 Å². The van der Waals surface area contributed by atoms with Crippen molar-refractivity contribution in [3.05, 3.63) is 29.8 Å². The number of rotatable bonds is 3. The normalized spacial score (nSPS) is 13.0. The number of amides is 1. The molecular formula is C14H22N2O. The van der Waals surface area contributed by atoms with Gasteiger partial charge in [-0.1, -0.05) is 12.1 Å². The van der Waals surface area contributed by atoms with Crippen LogP contribution in [0.4, 0.5) is 5.69 Å². The van der Waals surface area contributed by atoms with Gasteiger partial charge in [-0.15, -0.1) is 0 Å². The first-order valence-corrected chi connectivity index (χ1v) is 5.93. The Bertz CT molecular complexity index is 393. The first-order chi connectivity index (χ1) is 7.78. The van der Waals surface area contributed by atoms with E-state index in [0.717, 1.165) is 5.69 Å². The van der Waals surface area contributed by atoms with Gasteiger partial charge in [-0.25, -0.2) is 0 Å². The van der Waals surface area contributed by atoms with Crippen LogP contribution < -0.4 is 10.6 Å². The number of aryl methyl sites for hydroxylation is 1. The van der Waals surface area contributed by atoms with Crippen molar-refractivity contribution >= 4 is 11.6 Å². The number of hydrogen-bond acceptors (Lipinski definition) is 2.